The van der Waals surface area contributed by atoms with Gasteiger partial charge in [-0.15, -0.1) is 0 Å². The SMILES string of the molecule is Cc1oc(-c2ccccc2)nc1CC(=O)NC(C)(c1ccccc1)c1ccccc1. The molecule has 150 valence electrons. The number of hydrogen-bond donors (Lipinski definition) is 1. The second-order valence-electron chi connectivity index (χ2n) is 7.47. The molecule has 0 saturated carbocycles. The molecular formula is C26H24N2O2. The van der Waals surface area contributed by atoms with E-state index >= 15 is 0 Å². The standard InChI is InChI=1S/C26H24N2O2/c1-19-23(27-25(30-19)20-12-6-3-7-13-20)18-24(29)28-26(2,21-14-8-4-9-15-21)22-16-10-5-11-17-22/h3-17H,18H2,1-2H3,(H,28,29). The molecule has 4 nitrogen and oxygen atoms in total. The first-order chi connectivity index (χ1) is 14.6. The van der Waals surface area contributed by atoms with Crippen molar-refractivity contribution in [1.29, 1.82) is 0 Å². The number of amides is 1. The number of aromatic nitrogens is 1. The van der Waals surface area contributed by atoms with E-state index in [9.17, 15) is 4.79 Å². The van der Waals surface area contributed by atoms with Crippen LogP contribution in [0.4, 0.5) is 0 Å². The number of rotatable bonds is 6. The third-order valence-corrected chi connectivity index (χ3v) is 5.33. The van der Waals surface area contributed by atoms with Crippen LogP contribution in [0, 0.1) is 6.92 Å². The van der Waals surface area contributed by atoms with Gasteiger partial charge >= 0.3 is 0 Å². The second kappa shape index (κ2) is 8.37. The van der Waals surface area contributed by atoms with E-state index in [0.717, 1.165) is 16.7 Å². The summed E-state index contributed by atoms with van der Waals surface area (Å²) in [4.78, 5) is 17.6. The van der Waals surface area contributed by atoms with Crippen molar-refractivity contribution in [3.8, 4) is 11.5 Å². The fraction of sp³-hybridized carbons (Fsp3) is 0.154. The molecule has 30 heavy (non-hydrogen) atoms. The average molecular weight is 396 g/mol. The number of aryl methyl sites for hydroxylation is 1. The third-order valence-electron chi connectivity index (χ3n) is 5.33. The van der Waals surface area contributed by atoms with E-state index in [1.54, 1.807) is 0 Å². The summed E-state index contributed by atoms with van der Waals surface area (Å²) in [6.07, 6.45) is 0.150. The van der Waals surface area contributed by atoms with E-state index in [4.69, 9.17) is 4.42 Å². The monoisotopic (exact) mass is 396 g/mol. The Balaban J connectivity index is 1.59. The van der Waals surface area contributed by atoms with Crippen LogP contribution in [-0.4, -0.2) is 10.9 Å². The van der Waals surface area contributed by atoms with Gasteiger partial charge in [0.05, 0.1) is 17.7 Å². The summed E-state index contributed by atoms with van der Waals surface area (Å²) in [6, 6.07) is 29.7. The molecule has 1 aromatic heterocycles. The predicted octanol–water partition coefficient (Wildman–Crippen LogP) is 5.27. The Morgan fingerprint density at radius 3 is 1.90 bits per heavy atom. The van der Waals surface area contributed by atoms with Crippen molar-refractivity contribution in [2.24, 2.45) is 0 Å². The Morgan fingerprint density at radius 1 is 0.867 bits per heavy atom. The van der Waals surface area contributed by atoms with E-state index in [1.807, 2.05) is 105 Å². The van der Waals surface area contributed by atoms with E-state index in [2.05, 4.69) is 10.3 Å². The molecule has 0 atom stereocenters. The molecule has 3 aromatic carbocycles. The van der Waals surface area contributed by atoms with Gasteiger partial charge in [0, 0.05) is 5.56 Å². The molecule has 0 aliphatic carbocycles. The summed E-state index contributed by atoms with van der Waals surface area (Å²) in [7, 11) is 0. The lowest BCUT2D eigenvalue weighted by Gasteiger charge is -2.32. The maximum Gasteiger partial charge on any atom is 0.227 e. The zero-order chi connectivity index (χ0) is 21.0. The van der Waals surface area contributed by atoms with Gasteiger partial charge in [-0.2, -0.15) is 0 Å². The number of carbonyl (C=O) groups excluding carboxylic acids is 1. The number of oxazole rings is 1. The molecule has 1 N–H and O–H groups in total. The molecule has 4 heteroatoms. The minimum absolute atomic E-state index is 0.110. The summed E-state index contributed by atoms with van der Waals surface area (Å²) in [6.45, 7) is 3.87. The van der Waals surface area contributed by atoms with Gasteiger partial charge in [-0.25, -0.2) is 4.98 Å². The van der Waals surface area contributed by atoms with Gasteiger partial charge in [0.1, 0.15) is 5.76 Å². The highest BCUT2D eigenvalue weighted by Crippen LogP contribution is 2.29. The van der Waals surface area contributed by atoms with Crippen LogP contribution in [0.15, 0.2) is 95.4 Å². The molecule has 4 rings (SSSR count). The first-order valence-electron chi connectivity index (χ1n) is 10.00. The molecule has 0 aliphatic heterocycles. The molecule has 1 heterocycles. The van der Waals surface area contributed by atoms with Gasteiger partial charge in [0.25, 0.3) is 0 Å². The highest BCUT2D eigenvalue weighted by molar-refractivity contribution is 5.80. The quantitative estimate of drug-likeness (QED) is 0.483. The molecule has 0 saturated heterocycles. The Labute approximate surface area is 176 Å². The van der Waals surface area contributed by atoms with E-state index in [-0.39, 0.29) is 12.3 Å². The molecule has 0 spiro atoms. The largest absolute Gasteiger partial charge is 0.441 e. The molecule has 0 aliphatic rings. The summed E-state index contributed by atoms with van der Waals surface area (Å²) in [5.74, 6) is 1.08. The first-order valence-corrected chi connectivity index (χ1v) is 10.00. The van der Waals surface area contributed by atoms with Crippen LogP contribution in [0.25, 0.3) is 11.5 Å². The number of hydrogen-bond acceptors (Lipinski definition) is 3. The Kier molecular flexibility index (Phi) is 5.48. The Morgan fingerprint density at radius 2 is 1.37 bits per heavy atom. The van der Waals surface area contributed by atoms with Crippen LogP contribution < -0.4 is 5.32 Å². The fourth-order valence-corrected chi connectivity index (χ4v) is 3.63. The average Bonchev–Trinajstić information content (AvgIpc) is 3.15. The number of carbonyl (C=O) groups is 1. The number of nitrogens with zero attached hydrogens (tertiary/aromatic N) is 1. The number of nitrogens with one attached hydrogen (secondary N) is 1. The zero-order valence-electron chi connectivity index (χ0n) is 17.1. The van der Waals surface area contributed by atoms with Crippen molar-refractivity contribution in [1.82, 2.24) is 10.3 Å². The van der Waals surface area contributed by atoms with Crippen LogP contribution >= 0.6 is 0 Å². The van der Waals surface area contributed by atoms with Crippen molar-refractivity contribution in [3.63, 3.8) is 0 Å². The van der Waals surface area contributed by atoms with Crippen LogP contribution in [0.5, 0.6) is 0 Å². The van der Waals surface area contributed by atoms with Crippen LogP contribution in [-0.2, 0) is 16.8 Å². The highest BCUT2D eigenvalue weighted by atomic mass is 16.4. The lowest BCUT2D eigenvalue weighted by atomic mass is 9.84. The van der Waals surface area contributed by atoms with Crippen LogP contribution in [0.2, 0.25) is 0 Å². The van der Waals surface area contributed by atoms with Gasteiger partial charge in [0.2, 0.25) is 11.8 Å². The van der Waals surface area contributed by atoms with Crippen molar-refractivity contribution in [2.75, 3.05) is 0 Å². The Bertz CT molecular complexity index is 1080. The zero-order valence-corrected chi connectivity index (χ0v) is 17.1. The van der Waals surface area contributed by atoms with Gasteiger partial charge in [-0.3, -0.25) is 4.79 Å². The summed E-state index contributed by atoms with van der Waals surface area (Å²) < 4.78 is 5.81. The highest BCUT2D eigenvalue weighted by Gasteiger charge is 2.31. The minimum Gasteiger partial charge on any atom is -0.441 e. The molecular weight excluding hydrogens is 372 g/mol. The normalized spacial score (nSPS) is 11.3. The molecule has 0 bridgehead atoms. The van der Waals surface area contributed by atoms with Gasteiger partial charge in [0.15, 0.2) is 0 Å². The first kappa shape index (κ1) is 19.6. The summed E-state index contributed by atoms with van der Waals surface area (Å²) in [5, 5.41) is 3.23. The van der Waals surface area contributed by atoms with E-state index in [0.29, 0.717) is 17.3 Å². The van der Waals surface area contributed by atoms with Crippen molar-refractivity contribution < 1.29 is 9.21 Å². The fourth-order valence-electron chi connectivity index (χ4n) is 3.63. The number of benzene rings is 3. The van der Waals surface area contributed by atoms with E-state index in [1.165, 1.54) is 0 Å². The second-order valence-corrected chi connectivity index (χ2v) is 7.47. The van der Waals surface area contributed by atoms with Gasteiger partial charge in [-0.1, -0.05) is 78.9 Å². The van der Waals surface area contributed by atoms with Gasteiger partial charge in [-0.05, 0) is 37.1 Å². The lowest BCUT2D eigenvalue weighted by Crippen LogP contribution is -2.45. The molecule has 0 fully saturated rings. The topological polar surface area (TPSA) is 55.1 Å². The predicted molar refractivity (Wildman–Crippen MR) is 118 cm³/mol. The van der Waals surface area contributed by atoms with Crippen molar-refractivity contribution in [3.05, 3.63) is 114 Å². The molecule has 0 radical (unpaired) electrons. The maximum atomic E-state index is 13.1. The van der Waals surface area contributed by atoms with Crippen molar-refractivity contribution in [2.45, 2.75) is 25.8 Å². The summed E-state index contributed by atoms with van der Waals surface area (Å²) >= 11 is 0. The van der Waals surface area contributed by atoms with Gasteiger partial charge < -0.3 is 9.73 Å². The molecule has 0 unspecified atom stereocenters. The Hall–Kier alpha value is -3.66. The van der Waals surface area contributed by atoms with Crippen molar-refractivity contribution >= 4 is 5.91 Å². The maximum absolute atomic E-state index is 13.1. The smallest absolute Gasteiger partial charge is 0.227 e. The van der Waals surface area contributed by atoms with Crippen LogP contribution in [0.1, 0.15) is 29.5 Å². The summed E-state index contributed by atoms with van der Waals surface area (Å²) in [5.41, 5.74) is 2.93. The van der Waals surface area contributed by atoms with Crippen LogP contribution in [0.3, 0.4) is 0 Å². The molecule has 4 aromatic rings. The lowest BCUT2D eigenvalue weighted by molar-refractivity contribution is -0.121. The molecule has 1 amide bonds. The third kappa shape index (κ3) is 4.03. The minimum atomic E-state index is -0.653. The van der Waals surface area contributed by atoms with E-state index < -0.39 is 5.54 Å².